The van der Waals surface area contributed by atoms with Crippen LogP contribution in [0, 0.1) is 6.92 Å². The number of ether oxygens (including phenoxy) is 1. The van der Waals surface area contributed by atoms with E-state index < -0.39 is 18.4 Å². The highest BCUT2D eigenvalue weighted by molar-refractivity contribution is 9.10. The SMILES string of the molecule is Cc1cc(Br)ccc1OCC(=O)N1CCC(F)(F)C1. The van der Waals surface area contributed by atoms with Crippen molar-refractivity contribution in [2.24, 2.45) is 0 Å². The number of amides is 1. The molecule has 0 unspecified atom stereocenters. The van der Waals surface area contributed by atoms with E-state index in [1.54, 1.807) is 12.1 Å². The Bertz CT molecular complexity index is 494. The van der Waals surface area contributed by atoms with E-state index in [1.807, 2.05) is 13.0 Å². The van der Waals surface area contributed by atoms with Gasteiger partial charge in [0.1, 0.15) is 5.75 Å². The minimum Gasteiger partial charge on any atom is -0.483 e. The number of carbonyl (C=O) groups is 1. The van der Waals surface area contributed by atoms with Crippen molar-refractivity contribution in [3.05, 3.63) is 28.2 Å². The van der Waals surface area contributed by atoms with Crippen LogP contribution in [0.25, 0.3) is 0 Å². The summed E-state index contributed by atoms with van der Waals surface area (Å²) >= 11 is 3.33. The number of hydrogen-bond acceptors (Lipinski definition) is 2. The number of benzene rings is 1. The lowest BCUT2D eigenvalue weighted by Crippen LogP contribution is -2.35. The van der Waals surface area contributed by atoms with E-state index in [0.29, 0.717) is 5.75 Å². The largest absolute Gasteiger partial charge is 0.483 e. The smallest absolute Gasteiger partial charge is 0.267 e. The van der Waals surface area contributed by atoms with Crippen molar-refractivity contribution < 1.29 is 18.3 Å². The maximum atomic E-state index is 13.0. The lowest BCUT2D eigenvalue weighted by molar-refractivity contribution is -0.133. The molecule has 104 valence electrons. The molecular formula is C13H14BrF2NO2. The van der Waals surface area contributed by atoms with Crippen LogP contribution >= 0.6 is 15.9 Å². The lowest BCUT2D eigenvalue weighted by atomic mass is 10.2. The number of aryl methyl sites for hydroxylation is 1. The molecule has 0 spiro atoms. The van der Waals surface area contributed by atoms with E-state index in [9.17, 15) is 13.6 Å². The summed E-state index contributed by atoms with van der Waals surface area (Å²) < 4.78 is 32.3. The number of rotatable bonds is 3. The molecule has 1 fully saturated rings. The highest BCUT2D eigenvalue weighted by Crippen LogP contribution is 2.27. The van der Waals surface area contributed by atoms with Crippen molar-refractivity contribution in [2.75, 3.05) is 19.7 Å². The van der Waals surface area contributed by atoms with Crippen LogP contribution in [-0.2, 0) is 4.79 Å². The second kappa shape index (κ2) is 5.45. The monoisotopic (exact) mass is 333 g/mol. The van der Waals surface area contributed by atoms with Gasteiger partial charge in [0.25, 0.3) is 11.8 Å². The lowest BCUT2D eigenvalue weighted by Gasteiger charge is -2.17. The second-order valence-corrected chi connectivity index (χ2v) is 5.54. The van der Waals surface area contributed by atoms with Gasteiger partial charge in [-0.1, -0.05) is 15.9 Å². The zero-order valence-corrected chi connectivity index (χ0v) is 12.0. The van der Waals surface area contributed by atoms with E-state index in [2.05, 4.69) is 15.9 Å². The zero-order chi connectivity index (χ0) is 14.0. The first-order chi connectivity index (χ1) is 8.87. The van der Waals surface area contributed by atoms with Gasteiger partial charge in [0.15, 0.2) is 6.61 Å². The van der Waals surface area contributed by atoms with Gasteiger partial charge in [-0.05, 0) is 30.7 Å². The molecule has 1 heterocycles. The highest BCUT2D eigenvalue weighted by Gasteiger charge is 2.40. The predicted molar refractivity (Wildman–Crippen MR) is 70.5 cm³/mol. The molecule has 1 aromatic rings. The maximum absolute atomic E-state index is 13.0. The molecule has 6 heteroatoms. The Morgan fingerprint density at radius 1 is 1.53 bits per heavy atom. The molecule has 2 rings (SSSR count). The molecule has 1 amide bonds. The summed E-state index contributed by atoms with van der Waals surface area (Å²) in [6.45, 7) is 1.23. The van der Waals surface area contributed by atoms with Crippen LogP contribution < -0.4 is 4.74 Å². The van der Waals surface area contributed by atoms with Crippen LogP contribution in [0.1, 0.15) is 12.0 Å². The molecule has 0 radical (unpaired) electrons. The first-order valence-corrected chi connectivity index (χ1v) is 6.71. The van der Waals surface area contributed by atoms with E-state index in [-0.39, 0.29) is 19.6 Å². The van der Waals surface area contributed by atoms with Gasteiger partial charge in [0.05, 0.1) is 6.54 Å². The third-order valence-corrected chi connectivity index (χ3v) is 3.50. The molecule has 3 nitrogen and oxygen atoms in total. The van der Waals surface area contributed by atoms with E-state index in [1.165, 1.54) is 0 Å². The van der Waals surface area contributed by atoms with Gasteiger partial charge in [-0.3, -0.25) is 4.79 Å². The standard InChI is InChI=1S/C13H14BrF2NO2/c1-9-6-10(14)2-3-11(9)19-7-12(18)17-5-4-13(15,16)8-17/h2-3,6H,4-5,7-8H2,1H3. The summed E-state index contributed by atoms with van der Waals surface area (Å²) in [4.78, 5) is 12.9. The number of nitrogens with zero attached hydrogens (tertiary/aromatic N) is 1. The first-order valence-electron chi connectivity index (χ1n) is 5.92. The van der Waals surface area contributed by atoms with Crippen LogP contribution in [-0.4, -0.2) is 36.4 Å². The molecule has 0 saturated carbocycles. The second-order valence-electron chi connectivity index (χ2n) is 4.62. The van der Waals surface area contributed by atoms with Crippen molar-refractivity contribution in [1.82, 2.24) is 4.90 Å². The number of carbonyl (C=O) groups excluding carboxylic acids is 1. The fraction of sp³-hybridized carbons (Fsp3) is 0.462. The van der Waals surface area contributed by atoms with Gasteiger partial charge in [-0.2, -0.15) is 0 Å². The molecule has 1 aliphatic heterocycles. The highest BCUT2D eigenvalue weighted by atomic mass is 79.9. The molecule has 1 saturated heterocycles. The molecule has 1 aromatic carbocycles. The zero-order valence-electron chi connectivity index (χ0n) is 10.5. The Morgan fingerprint density at radius 2 is 2.26 bits per heavy atom. The Hall–Kier alpha value is -1.17. The van der Waals surface area contributed by atoms with Crippen LogP contribution in [0.4, 0.5) is 8.78 Å². The topological polar surface area (TPSA) is 29.5 Å². The molecule has 0 aliphatic carbocycles. The minimum absolute atomic E-state index is 0.0918. The summed E-state index contributed by atoms with van der Waals surface area (Å²) in [7, 11) is 0. The Kier molecular flexibility index (Phi) is 4.08. The molecule has 19 heavy (non-hydrogen) atoms. The number of likely N-dealkylation sites (tertiary alicyclic amines) is 1. The predicted octanol–water partition coefficient (Wildman–Crippen LogP) is 3.00. The fourth-order valence-electron chi connectivity index (χ4n) is 1.95. The van der Waals surface area contributed by atoms with Crippen LogP contribution in [0.3, 0.4) is 0 Å². The quantitative estimate of drug-likeness (QED) is 0.851. The molecule has 0 atom stereocenters. The van der Waals surface area contributed by atoms with Crippen LogP contribution in [0.5, 0.6) is 5.75 Å². The maximum Gasteiger partial charge on any atom is 0.267 e. The summed E-state index contributed by atoms with van der Waals surface area (Å²) in [5, 5.41) is 0. The molecule has 0 aromatic heterocycles. The van der Waals surface area contributed by atoms with Gasteiger partial charge in [-0.25, -0.2) is 8.78 Å². The molecule has 0 bridgehead atoms. The number of halogens is 3. The van der Waals surface area contributed by atoms with Gasteiger partial charge >= 0.3 is 0 Å². The van der Waals surface area contributed by atoms with E-state index in [0.717, 1.165) is 14.9 Å². The van der Waals surface area contributed by atoms with E-state index in [4.69, 9.17) is 4.74 Å². The first kappa shape index (κ1) is 14.2. The average molecular weight is 334 g/mol. The van der Waals surface area contributed by atoms with Crippen molar-refractivity contribution in [1.29, 1.82) is 0 Å². The number of alkyl halides is 2. The molecular weight excluding hydrogens is 320 g/mol. The minimum atomic E-state index is -2.76. The van der Waals surface area contributed by atoms with Crippen LogP contribution in [0.15, 0.2) is 22.7 Å². The Balaban J connectivity index is 1.90. The van der Waals surface area contributed by atoms with Crippen molar-refractivity contribution in [3.8, 4) is 5.75 Å². The summed E-state index contributed by atoms with van der Waals surface area (Å²) in [5.74, 6) is -2.58. The Labute approximate surface area is 118 Å². The summed E-state index contributed by atoms with van der Waals surface area (Å²) in [5.41, 5.74) is 0.883. The van der Waals surface area contributed by atoms with Crippen molar-refractivity contribution >= 4 is 21.8 Å². The van der Waals surface area contributed by atoms with Crippen molar-refractivity contribution in [2.45, 2.75) is 19.3 Å². The van der Waals surface area contributed by atoms with Crippen molar-refractivity contribution in [3.63, 3.8) is 0 Å². The summed E-state index contributed by atoms with van der Waals surface area (Å²) in [6.07, 6.45) is -0.268. The third-order valence-electron chi connectivity index (χ3n) is 3.01. The third kappa shape index (κ3) is 3.65. The van der Waals surface area contributed by atoms with Gasteiger partial charge in [0, 0.05) is 17.4 Å². The average Bonchev–Trinajstić information content (AvgIpc) is 2.68. The van der Waals surface area contributed by atoms with Gasteiger partial charge < -0.3 is 9.64 Å². The van der Waals surface area contributed by atoms with Gasteiger partial charge in [-0.15, -0.1) is 0 Å². The Morgan fingerprint density at radius 3 is 2.84 bits per heavy atom. The van der Waals surface area contributed by atoms with Gasteiger partial charge in [0.2, 0.25) is 0 Å². The summed E-state index contributed by atoms with van der Waals surface area (Å²) in [6, 6.07) is 5.41. The van der Waals surface area contributed by atoms with E-state index >= 15 is 0 Å². The normalized spacial score (nSPS) is 17.6. The molecule has 0 N–H and O–H groups in total. The number of hydrogen-bond donors (Lipinski definition) is 0. The molecule has 1 aliphatic rings. The van der Waals surface area contributed by atoms with Crippen LogP contribution in [0.2, 0.25) is 0 Å². The fourth-order valence-corrected chi connectivity index (χ4v) is 2.43.